The molecule has 0 saturated carbocycles. The Morgan fingerprint density at radius 2 is 1.73 bits per heavy atom. The number of hydrogen-bond acceptors (Lipinski definition) is 5. The van der Waals surface area contributed by atoms with Crippen molar-refractivity contribution in [3.63, 3.8) is 0 Å². The monoisotopic (exact) mass is 310 g/mol. The fraction of sp³-hybridized carbons (Fsp3) is 0.500. The van der Waals surface area contributed by atoms with E-state index in [0.29, 0.717) is 6.61 Å². The summed E-state index contributed by atoms with van der Waals surface area (Å²) in [6.45, 7) is 4.12. The van der Waals surface area contributed by atoms with Gasteiger partial charge in [-0.1, -0.05) is 18.2 Å². The summed E-state index contributed by atoms with van der Waals surface area (Å²) in [5, 5.41) is 8.46. The van der Waals surface area contributed by atoms with E-state index in [4.69, 9.17) is 19.3 Å². The van der Waals surface area contributed by atoms with Crippen LogP contribution in [-0.4, -0.2) is 42.5 Å². The molecular formula is C16H22O6. The number of esters is 1. The van der Waals surface area contributed by atoms with Gasteiger partial charge in [0, 0.05) is 0 Å². The third kappa shape index (κ3) is 8.26. The minimum absolute atomic E-state index is 0.0938. The van der Waals surface area contributed by atoms with Gasteiger partial charge in [-0.05, 0) is 26.0 Å². The number of hydrogen-bond donors (Lipinski definition) is 1. The van der Waals surface area contributed by atoms with E-state index in [1.165, 1.54) is 0 Å². The lowest BCUT2D eigenvalue weighted by Gasteiger charge is -2.18. The first-order chi connectivity index (χ1) is 10.5. The fourth-order valence-electron chi connectivity index (χ4n) is 1.60. The van der Waals surface area contributed by atoms with Gasteiger partial charge in [0.05, 0.1) is 25.6 Å². The van der Waals surface area contributed by atoms with Gasteiger partial charge >= 0.3 is 11.9 Å². The van der Waals surface area contributed by atoms with Crippen LogP contribution in [0.2, 0.25) is 0 Å². The maximum atomic E-state index is 11.3. The third-order valence-corrected chi connectivity index (χ3v) is 2.72. The highest BCUT2D eigenvalue weighted by Crippen LogP contribution is 2.11. The average Bonchev–Trinajstić information content (AvgIpc) is 2.49. The van der Waals surface area contributed by atoms with Gasteiger partial charge in [0.2, 0.25) is 0 Å². The first-order valence-electron chi connectivity index (χ1n) is 7.18. The van der Waals surface area contributed by atoms with Crippen molar-refractivity contribution in [2.75, 3.05) is 13.2 Å². The molecule has 0 heterocycles. The van der Waals surface area contributed by atoms with E-state index in [1.54, 1.807) is 6.92 Å². The topological polar surface area (TPSA) is 82.1 Å². The van der Waals surface area contributed by atoms with E-state index < -0.39 is 11.9 Å². The Kier molecular flexibility index (Phi) is 7.99. The summed E-state index contributed by atoms with van der Waals surface area (Å²) in [6, 6.07) is 9.42. The Morgan fingerprint density at radius 3 is 2.36 bits per heavy atom. The molecule has 0 aliphatic heterocycles. The first kappa shape index (κ1) is 18.0. The van der Waals surface area contributed by atoms with Gasteiger partial charge in [-0.25, -0.2) is 0 Å². The molecule has 0 amide bonds. The Morgan fingerprint density at radius 1 is 1.05 bits per heavy atom. The van der Waals surface area contributed by atoms with Crippen LogP contribution in [0.1, 0.15) is 26.7 Å². The molecular weight excluding hydrogens is 288 g/mol. The molecule has 6 heteroatoms. The first-order valence-corrected chi connectivity index (χ1v) is 7.18. The Hall–Kier alpha value is -2.08. The zero-order chi connectivity index (χ0) is 16.4. The predicted octanol–water partition coefficient (Wildman–Crippen LogP) is 2.27. The lowest BCUT2D eigenvalue weighted by molar-refractivity contribution is -0.151. The molecule has 0 bridgehead atoms. The SMILES string of the molecule is CC(COC(=O)CCC(=O)O)OCC(C)Oc1ccccc1. The van der Waals surface area contributed by atoms with Gasteiger partial charge in [-0.15, -0.1) is 0 Å². The van der Waals surface area contributed by atoms with E-state index in [2.05, 4.69) is 0 Å². The van der Waals surface area contributed by atoms with Crippen LogP contribution in [0.3, 0.4) is 0 Å². The molecule has 0 aromatic heterocycles. The summed E-state index contributed by atoms with van der Waals surface area (Å²) in [5.74, 6) is -0.786. The molecule has 1 aromatic carbocycles. The number of carboxylic acid groups (broad SMARTS) is 1. The largest absolute Gasteiger partial charge is 0.488 e. The third-order valence-electron chi connectivity index (χ3n) is 2.72. The minimum atomic E-state index is -1.02. The van der Waals surface area contributed by atoms with Crippen molar-refractivity contribution in [2.24, 2.45) is 0 Å². The normalized spacial score (nSPS) is 13.2. The van der Waals surface area contributed by atoms with Crippen molar-refractivity contribution in [3.8, 4) is 5.75 Å². The van der Waals surface area contributed by atoms with E-state index in [-0.39, 0.29) is 31.7 Å². The summed E-state index contributed by atoms with van der Waals surface area (Å²) in [5.41, 5.74) is 0. The number of para-hydroxylation sites is 1. The van der Waals surface area contributed by atoms with Crippen molar-refractivity contribution in [1.82, 2.24) is 0 Å². The second-order valence-corrected chi connectivity index (χ2v) is 4.96. The van der Waals surface area contributed by atoms with Crippen molar-refractivity contribution in [2.45, 2.75) is 38.9 Å². The molecule has 0 saturated heterocycles. The maximum absolute atomic E-state index is 11.3. The van der Waals surface area contributed by atoms with Crippen molar-refractivity contribution in [3.05, 3.63) is 30.3 Å². The highest BCUT2D eigenvalue weighted by atomic mass is 16.6. The van der Waals surface area contributed by atoms with Crippen LogP contribution in [0.15, 0.2) is 30.3 Å². The van der Waals surface area contributed by atoms with Gasteiger partial charge in [0.15, 0.2) is 0 Å². The molecule has 122 valence electrons. The quantitative estimate of drug-likeness (QED) is 0.668. The van der Waals surface area contributed by atoms with Crippen LogP contribution in [0, 0.1) is 0 Å². The lowest BCUT2D eigenvalue weighted by Crippen LogP contribution is -2.26. The molecule has 1 N–H and O–H groups in total. The van der Waals surface area contributed by atoms with Gasteiger partial charge in [0.25, 0.3) is 0 Å². The van der Waals surface area contributed by atoms with E-state index >= 15 is 0 Å². The molecule has 0 fully saturated rings. The van der Waals surface area contributed by atoms with Gasteiger partial charge < -0.3 is 19.3 Å². The number of benzene rings is 1. The Labute approximate surface area is 130 Å². The smallest absolute Gasteiger partial charge is 0.306 e. The number of aliphatic carboxylic acids is 1. The summed E-state index contributed by atoms with van der Waals surface area (Å²) in [6.07, 6.45) is -0.769. The summed E-state index contributed by atoms with van der Waals surface area (Å²) >= 11 is 0. The molecule has 1 aromatic rings. The molecule has 0 spiro atoms. The highest BCUT2D eigenvalue weighted by Gasteiger charge is 2.11. The summed E-state index contributed by atoms with van der Waals surface area (Å²) < 4.78 is 16.1. The molecule has 1 rings (SSSR count). The van der Waals surface area contributed by atoms with Crippen molar-refractivity contribution >= 4 is 11.9 Å². The minimum Gasteiger partial charge on any atom is -0.488 e. The van der Waals surface area contributed by atoms with Gasteiger partial charge in [-0.2, -0.15) is 0 Å². The number of carbonyl (C=O) groups excluding carboxylic acids is 1. The van der Waals surface area contributed by atoms with Crippen molar-refractivity contribution in [1.29, 1.82) is 0 Å². The molecule has 2 atom stereocenters. The van der Waals surface area contributed by atoms with E-state index in [1.807, 2.05) is 37.3 Å². The molecule has 22 heavy (non-hydrogen) atoms. The van der Waals surface area contributed by atoms with Crippen LogP contribution in [0.5, 0.6) is 5.75 Å². The highest BCUT2D eigenvalue weighted by molar-refractivity contribution is 5.76. The Balaban J connectivity index is 2.15. The van der Waals surface area contributed by atoms with Gasteiger partial charge in [-0.3, -0.25) is 9.59 Å². The number of ether oxygens (including phenoxy) is 3. The van der Waals surface area contributed by atoms with E-state index in [0.717, 1.165) is 5.75 Å². The average molecular weight is 310 g/mol. The molecule has 0 aliphatic carbocycles. The van der Waals surface area contributed by atoms with Crippen LogP contribution in [-0.2, 0) is 19.1 Å². The van der Waals surface area contributed by atoms with Crippen LogP contribution < -0.4 is 4.74 Å². The van der Waals surface area contributed by atoms with Crippen LogP contribution in [0.4, 0.5) is 0 Å². The second-order valence-electron chi connectivity index (χ2n) is 4.96. The summed E-state index contributed by atoms with van der Waals surface area (Å²) in [4.78, 5) is 21.6. The zero-order valence-electron chi connectivity index (χ0n) is 12.9. The van der Waals surface area contributed by atoms with Crippen molar-refractivity contribution < 1.29 is 28.9 Å². The molecule has 6 nitrogen and oxygen atoms in total. The molecule has 0 radical (unpaired) electrons. The molecule has 0 aliphatic rings. The van der Waals surface area contributed by atoms with E-state index in [9.17, 15) is 9.59 Å². The van der Waals surface area contributed by atoms with Crippen LogP contribution in [0.25, 0.3) is 0 Å². The zero-order valence-corrected chi connectivity index (χ0v) is 12.9. The number of carboxylic acids is 1. The number of carbonyl (C=O) groups is 2. The van der Waals surface area contributed by atoms with Crippen LogP contribution >= 0.6 is 0 Å². The number of rotatable bonds is 10. The summed E-state index contributed by atoms with van der Waals surface area (Å²) in [7, 11) is 0. The second kappa shape index (κ2) is 9.78. The fourth-order valence-corrected chi connectivity index (χ4v) is 1.60. The Bertz CT molecular complexity index is 459. The van der Waals surface area contributed by atoms with Gasteiger partial charge in [0.1, 0.15) is 18.5 Å². The standard InChI is InChI=1S/C16H22O6/c1-12(10-21-16(19)9-8-15(17)18)20-11-13(2)22-14-6-4-3-5-7-14/h3-7,12-13H,8-11H2,1-2H3,(H,17,18). The lowest BCUT2D eigenvalue weighted by atomic mass is 10.3. The maximum Gasteiger partial charge on any atom is 0.306 e. The molecule has 2 unspecified atom stereocenters. The predicted molar refractivity (Wildman–Crippen MR) is 79.8 cm³/mol.